The van der Waals surface area contributed by atoms with Crippen molar-refractivity contribution in [2.24, 2.45) is 0 Å². The monoisotopic (exact) mass is 359 g/mol. The molecule has 1 heterocycles. The SMILES string of the molecule is Cc1[nH]c(=O)c(C#N)c(C)c1CCC(=O)O[C@H](C)C(=O)NC1CCCC1. The molecule has 0 aliphatic heterocycles. The van der Waals surface area contributed by atoms with Crippen LogP contribution in [-0.4, -0.2) is 29.0 Å². The molecule has 1 fully saturated rings. The van der Waals surface area contributed by atoms with E-state index >= 15 is 0 Å². The number of aromatic amines is 1. The van der Waals surface area contributed by atoms with Crippen LogP contribution in [0.2, 0.25) is 0 Å². The third-order valence-electron chi connectivity index (χ3n) is 4.88. The molecule has 1 atom stereocenters. The van der Waals surface area contributed by atoms with Gasteiger partial charge < -0.3 is 15.0 Å². The van der Waals surface area contributed by atoms with E-state index in [0.717, 1.165) is 31.2 Å². The van der Waals surface area contributed by atoms with E-state index in [0.29, 0.717) is 17.7 Å². The highest BCUT2D eigenvalue weighted by Gasteiger charge is 2.23. The summed E-state index contributed by atoms with van der Waals surface area (Å²) in [7, 11) is 0. The van der Waals surface area contributed by atoms with E-state index in [-0.39, 0.29) is 23.9 Å². The van der Waals surface area contributed by atoms with Crippen molar-refractivity contribution in [3.63, 3.8) is 0 Å². The summed E-state index contributed by atoms with van der Waals surface area (Å²) in [5.41, 5.74) is 1.59. The zero-order valence-corrected chi connectivity index (χ0v) is 15.5. The number of carbonyl (C=O) groups excluding carboxylic acids is 2. The first-order valence-corrected chi connectivity index (χ1v) is 8.95. The molecule has 1 saturated carbocycles. The van der Waals surface area contributed by atoms with Gasteiger partial charge in [-0.1, -0.05) is 12.8 Å². The lowest BCUT2D eigenvalue weighted by atomic mass is 9.99. The van der Waals surface area contributed by atoms with Gasteiger partial charge in [-0.05, 0) is 51.2 Å². The van der Waals surface area contributed by atoms with Crippen LogP contribution in [0.3, 0.4) is 0 Å². The number of H-pyrrole nitrogens is 1. The number of carbonyl (C=O) groups is 2. The number of nitrogens with one attached hydrogen (secondary N) is 2. The number of amides is 1. The van der Waals surface area contributed by atoms with Gasteiger partial charge in [0, 0.05) is 18.2 Å². The number of hydrogen-bond acceptors (Lipinski definition) is 5. The number of hydrogen-bond donors (Lipinski definition) is 2. The molecule has 0 spiro atoms. The number of aryl methyl sites for hydroxylation is 1. The third kappa shape index (κ3) is 4.72. The molecular weight excluding hydrogens is 334 g/mol. The van der Waals surface area contributed by atoms with Crippen molar-refractivity contribution in [2.75, 3.05) is 0 Å². The van der Waals surface area contributed by atoms with Gasteiger partial charge in [0.15, 0.2) is 6.10 Å². The van der Waals surface area contributed by atoms with Crippen molar-refractivity contribution >= 4 is 11.9 Å². The van der Waals surface area contributed by atoms with Crippen molar-refractivity contribution in [1.82, 2.24) is 10.3 Å². The second-order valence-electron chi connectivity index (χ2n) is 6.79. The molecule has 0 aromatic carbocycles. The molecule has 0 bridgehead atoms. The van der Waals surface area contributed by atoms with Crippen LogP contribution < -0.4 is 10.9 Å². The molecule has 2 rings (SSSR count). The molecule has 2 N–H and O–H groups in total. The molecule has 1 aliphatic carbocycles. The maximum absolute atomic E-state index is 12.1. The Bertz CT molecular complexity index is 785. The lowest BCUT2D eigenvalue weighted by Gasteiger charge is -2.17. The normalized spacial score (nSPS) is 15.3. The molecule has 1 amide bonds. The Morgan fingerprint density at radius 1 is 1.35 bits per heavy atom. The smallest absolute Gasteiger partial charge is 0.306 e. The summed E-state index contributed by atoms with van der Waals surface area (Å²) in [6, 6.07) is 2.07. The van der Waals surface area contributed by atoms with Gasteiger partial charge in [0.05, 0.1) is 0 Å². The number of nitriles is 1. The minimum absolute atomic E-state index is 0.0586. The molecule has 7 nitrogen and oxygen atoms in total. The largest absolute Gasteiger partial charge is 0.453 e. The van der Waals surface area contributed by atoms with Crippen molar-refractivity contribution in [3.05, 3.63) is 32.7 Å². The van der Waals surface area contributed by atoms with E-state index in [4.69, 9.17) is 10.00 Å². The standard InChI is InChI=1S/C19H25N3O4/c1-11-15(12(2)21-19(25)16(11)10-20)8-9-17(23)26-13(3)18(24)22-14-6-4-5-7-14/h13-14H,4-9H2,1-3H3,(H,21,25)(H,22,24)/t13-/m1/s1. The van der Waals surface area contributed by atoms with Gasteiger partial charge in [-0.25, -0.2) is 0 Å². The first kappa shape index (κ1) is 19.7. The Morgan fingerprint density at radius 3 is 2.62 bits per heavy atom. The fourth-order valence-corrected chi connectivity index (χ4v) is 3.35. The first-order chi connectivity index (χ1) is 12.3. The highest BCUT2D eigenvalue weighted by molar-refractivity contribution is 5.83. The maximum Gasteiger partial charge on any atom is 0.306 e. The molecule has 26 heavy (non-hydrogen) atoms. The highest BCUT2D eigenvalue weighted by atomic mass is 16.5. The van der Waals surface area contributed by atoms with Crippen LogP contribution in [0, 0.1) is 25.2 Å². The summed E-state index contributed by atoms with van der Waals surface area (Å²) in [6.07, 6.45) is 3.73. The van der Waals surface area contributed by atoms with Crippen LogP contribution in [0.4, 0.5) is 0 Å². The zero-order valence-electron chi connectivity index (χ0n) is 15.5. The van der Waals surface area contributed by atoms with Crippen LogP contribution in [-0.2, 0) is 20.7 Å². The number of rotatable bonds is 6. The minimum Gasteiger partial charge on any atom is -0.453 e. The van der Waals surface area contributed by atoms with Crippen LogP contribution in [0.5, 0.6) is 0 Å². The Kier molecular flexibility index (Phi) is 6.56. The molecule has 0 radical (unpaired) electrons. The molecule has 1 aromatic heterocycles. The molecule has 1 aliphatic rings. The van der Waals surface area contributed by atoms with Crippen molar-refractivity contribution < 1.29 is 14.3 Å². The van der Waals surface area contributed by atoms with Crippen LogP contribution in [0.25, 0.3) is 0 Å². The summed E-state index contributed by atoms with van der Waals surface area (Å²) >= 11 is 0. The summed E-state index contributed by atoms with van der Waals surface area (Å²) in [6.45, 7) is 4.99. The van der Waals surface area contributed by atoms with Gasteiger partial charge in [-0.3, -0.25) is 14.4 Å². The summed E-state index contributed by atoms with van der Waals surface area (Å²) in [5.74, 6) is -0.754. The second-order valence-corrected chi connectivity index (χ2v) is 6.79. The van der Waals surface area contributed by atoms with E-state index < -0.39 is 17.6 Å². The topological polar surface area (TPSA) is 112 Å². The van der Waals surface area contributed by atoms with Crippen LogP contribution in [0.15, 0.2) is 4.79 Å². The molecule has 140 valence electrons. The van der Waals surface area contributed by atoms with Gasteiger partial charge in [-0.15, -0.1) is 0 Å². The van der Waals surface area contributed by atoms with Gasteiger partial charge in [0.2, 0.25) is 0 Å². The summed E-state index contributed by atoms with van der Waals surface area (Å²) < 4.78 is 5.22. The first-order valence-electron chi connectivity index (χ1n) is 8.95. The fraction of sp³-hybridized carbons (Fsp3) is 0.579. The fourth-order valence-electron chi connectivity index (χ4n) is 3.35. The number of aromatic nitrogens is 1. The quantitative estimate of drug-likeness (QED) is 0.752. The molecule has 0 unspecified atom stereocenters. The summed E-state index contributed by atoms with van der Waals surface area (Å²) in [5, 5.41) is 12.0. The Balaban J connectivity index is 1.91. The highest BCUT2D eigenvalue weighted by Crippen LogP contribution is 2.18. The maximum atomic E-state index is 12.1. The van der Waals surface area contributed by atoms with E-state index in [2.05, 4.69) is 10.3 Å². The molecule has 1 aromatic rings. The van der Waals surface area contributed by atoms with Crippen LogP contribution in [0.1, 0.15) is 61.4 Å². The van der Waals surface area contributed by atoms with Crippen molar-refractivity contribution in [2.45, 2.75) is 71.4 Å². The van der Waals surface area contributed by atoms with Gasteiger partial charge in [0.1, 0.15) is 11.6 Å². The van der Waals surface area contributed by atoms with Gasteiger partial charge in [-0.2, -0.15) is 5.26 Å². The number of ether oxygens (including phenoxy) is 1. The lowest BCUT2D eigenvalue weighted by Crippen LogP contribution is -2.40. The molecule has 7 heteroatoms. The van der Waals surface area contributed by atoms with Gasteiger partial charge >= 0.3 is 5.97 Å². The predicted octanol–water partition coefficient (Wildman–Crippen LogP) is 1.79. The van der Waals surface area contributed by atoms with E-state index in [9.17, 15) is 14.4 Å². The van der Waals surface area contributed by atoms with E-state index in [1.165, 1.54) is 0 Å². The minimum atomic E-state index is -0.837. The third-order valence-corrected chi connectivity index (χ3v) is 4.88. The average molecular weight is 359 g/mol. The lowest BCUT2D eigenvalue weighted by molar-refractivity contribution is -0.155. The van der Waals surface area contributed by atoms with E-state index in [1.54, 1.807) is 20.8 Å². The predicted molar refractivity (Wildman–Crippen MR) is 95.5 cm³/mol. The van der Waals surface area contributed by atoms with Gasteiger partial charge in [0.25, 0.3) is 11.5 Å². The second kappa shape index (κ2) is 8.65. The van der Waals surface area contributed by atoms with Crippen LogP contribution >= 0.6 is 0 Å². The Labute approximate surface area is 152 Å². The van der Waals surface area contributed by atoms with Crippen molar-refractivity contribution in [3.8, 4) is 6.07 Å². The number of pyridine rings is 1. The van der Waals surface area contributed by atoms with Crippen molar-refractivity contribution in [1.29, 1.82) is 5.26 Å². The molecular formula is C19H25N3O4. The Hall–Kier alpha value is -2.62. The Morgan fingerprint density at radius 2 is 2.00 bits per heavy atom. The number of nitrogens with zero attached hydrogens (tertiary/aromatic N) is 1. The molecule has 0 saturated heterocycles. The number of esters is 1. The average Bonchev–Trinajstić information content (AvgIpc) is 3.07. The van der Waals surface area contributed by atoms with E-state index in [1.807, 2.05) is 6.07 Å². The summed E-state index contributed by atoms with van der Waals surface area (Å²) in [4.78, 5) is 38.5. The zero-order chi connectivity index (χ0) is 19.3.